The van der Waals surface area contributed by atoms with Crippen LogP contribution in [0.15, 0.2) is 40.9 Å². The number of hydrogen-bond acceptors (Lipinski definition) is 7. The zero-order chi connectivity index (χ0) is 23.4. The van der Waals surface area contributed by atoms with Crippen molar-refractivity contribution in [1.82, 2.24) is 15.0 Å². The summed E-state index contributed by atoms with van der Waals surface area (Å²) < 4.78 is 11.3. The monoisotopic (exact) mass is 446 g/mol. The lowest BCUT2D eigenvalue weighted by Crippen LogP contribution is -2.31. The van der Waals surface area contributed by atoms with Gasteiger partial charge < -0.3 is 14.4 Å². The molecule has 1 aliphatic carbocycles. The van der Waals surface area contributed by atoms with Gasteiger partial charge in [0.05, 0.1) is 18.3 Å². The molecule has 2 aromatic carbocycles. The number of nitriles is 1. The fourth-order valence-corrected chi connectivity index (χ4v) is 4.62. The van der Waals surface area contributed by atoms with E-state index in [0.717, 1.165) is 31.4 Å². The van der Waals surface area contributed by atoms with E-state index < -0.39 is 0 Å². The van der Waals surface area contributed by atoms with E-state index in [4.69, 9.17) is 9.26 Å². The van der Waals surface area contributed by atoms with Gasteiger partial charge in [0.15, 0.2) is 0 Å². The van der Waals surface area contributed by atoms with Crippen molar-refractivity contribution in [2.75, 3.05) is 19.7 Å². The second-order valence-corrected chi connectivity index (χ2v) is 8.60. The summed E-state index contributed by atoms with van der Waals surface area (Å²) in [5.41, 5.74) is 4.62. The molecule has 4 rings (SSSR count). The van der Waals surface area contributed by atoms with Crippen molar-refractivity contribution < 1.29 is 14.4 Å². The van der Waals surface area contributed by atoms with Crippen molar-refractivity contribution in [2.45, 2.75) is 52.2 Å². The van der Waals surface area contributed by atoms with Crippen LogP contribution in [0.3, 0.4) is 0 Å². The van der Waals surface area contributed by atoms with E-state index in [-0.39, 0.29) is 12.7 Å². The van der Waals surface area contributed by atoms with E-state index in [2.05, 4.69) is 34.1 Å². The van der Waals surface area contributed by atoms with E-state index in [1.54, 1.807) is 12.1 Å². The Hall–Kier alpha value is -3.21. The van der Waals surface area contributed by atoms with Gasteiger partial charge in [0.25, 0.3) is 5.89 Å². The number of aliphatic hydroxyl groups is 1. The standard InChI is InChI=1S/C26H30N4O3/c1-4-12-30(13-14-31)23-10-9-20-21(23)6-5-7-22(20)25-28-26(33-29-25)18-8-11-24(32-17(2)3)19(15-18)16-27/h5-8,11,15,17,23,31H,4,9-10,12-14H2,1-3H3/t23-/m0/s1. The van der Waals surface area contributed by atoms with Crippen molar-refractivity contribution >= 4 is 0 Å². The minimum absolute atomic E-state index is 0.0208. The Morgan fingerprint density at radius 1 is 1.27 bits per heavy atom. The van der Waals surface area contributed by atoms with Gasteiger partial charge in [-0.2, -0.15) is 10.2 Å². The second kappa shape index (κ2) is 10.2. The van der Waals surface area contributed by atoms with Crippen molar-refractivity contribution in [1.29, 1.82) is 5.26 Å². The van der Waals surface area contributed by atoms with Gasteiger partial charge in [-0.3, -0.25) is 4.90 Å². The van der Waals surface area contributed by atoms with Crippen LogP contribution < -0.4 is 4.74 Å². The van der Waals surface area contributed by atoms with Gasteiger partial charge in [-0.25, -0.2) is 0 Å². The third-order valence-corrected chi connectivity index (χ3v) is 5.95. The number of hydrogen-bond donors (Lipinski definition) is 1. The molecule has 0 spiro atoms. The molecule has 7 nitrogen and oxygen atoms in total. The molecule has 1 heterocycles. The topological polar surface area (TPSA) is 95.4 Å². The predicted octanol–water partition coefficient (Wildman–Crippen LogP) is 4.75. The number of aliphatic hydroxyl groups excluding tert-OH is 1. The Morgan fingerprint density at radius 3 is 2.85 bits per heavy atom. The molecule has 1 aromatic heterocycles. The molecule has 0 radical (unpaired) electrons. The molecule has 0 saturated carbocycles. The molecule has 0 fully saturated rings. The number of benzene rings is 2. The zero-order valence-electron chi connectivity index (χ0n) is 19.4. The largest absolute Gasteiger partial charge is 0.490 e. The van der Waals surface area contributed by atoms with E-state index in [1.807, 2.05) is 32.0 Å². The molecule has 0 bridgehead atoms. The second-order valence-electron chi connectivity index (χ2n) is 8.60. The molecule has 33 heavy (non-hydrogen) atoms. The fourth-order valence-electron chi connectivity index (χ4n) is 4.62. The number of fused-ring (bicyclic) bond motifs is 1. The molecule has 0 unspecified atom stereocenters. The first kappa shape index (κ1) is 23.0. The molecule has 0 saturated heterocycles. The summed E-state index contributed by atoms with van der Waals surface area (Å²) in [5, 5.41) is 23.3. The van der Waals surface area contributed by atoms with Gasteiger partial charge in [0.1, 0.15) is 11.8 Å². The van der Waals surface area contributed by atoms with Crippen LogP contribution in [0.1, 0.15) is 56.3 Å². The maximum Gasteiger partial charge on any atom is 0.258 e. The molecule has 1 N–H and O–H groups in total. The number of rotatable bonds is 9. The summed E-state index contributed by atoms with van der Waals surface area (Å²) in [7, 11) is 0. The van der Waals surface area contributed by atoms with E-state index in [0.29, 0.717) is 41.2 Å². The van der Waals surface area contributed by atoms with Crippen LogP contribution in [0.25, 0.3) is 22.8 Å². The number of aromatic nitrogens is 2. The summed E-state index contributed by atoms with van der Waals surface area (Å²) in [5.74, 6) is 1.47. The highest BCUT2D eigenvalue weighted by Crippen LogP contribution is 2.40. The molecule has 172 valence electrons. The minimum Gasteiger partial charge on any atom is -0.490 e. The van der Waals surface area contributed by atoms with Crippen LogP contribution in [-0.2, 0) is 6.42 Å². The third kappa shape index (κ3) is 4.77. The normalized spacial score (nSPS) is 15.1. The van der Waals surface area contributed by atoms with Crippen LogP contribution >= 0.6 is 0 Å². The lowest BCUT2D eigenvalue weighted by Gasteiger charge is -2.28. The smallest absolute Gasteiger partial charge is 0.258 e. The van der Waals surface area contributed by atoms with Crippen LogP contribution in [0.4, 0.5) is 0 Å². The Morgan fingerprint density at radius 2 is 2.12 bits per heavy atom. The molecule has 1 atom stereocenters. The highest BCUT2D eigenvalue weighted by atomic mass is 16.5. The average molecular weight is 447 g/mol. The molecule has 7 heteroatoms. The Balaban J connectivity index is 1.64. The highest BCUT2D eigenvalue weighted by molar-refractivity contribution is 5.67. The van der Waals surface area contributed by atoms with E-state index in [9.17, 15) is 10.4 Å². The SMILES string of the molecule is CCCN(CCO)[C@H]1CCc2c(-c3noc(-c4ccc(OC(C)C)c(C#N)c4)n3)cccc21. The zero-order valence-corrected chi connectivity index (χ0v) is 19.4. The lowest BCUT2D eigenvalue weighted by molar-refractivity contribution is 0.150. The van der Waals surface area contributed by atoms with Crippen molar-refractivity contribution in [2.24, 2.45) is 0 Å². The van der Waals surface area contributed by atoms with Crippen molar-refractivity contribution in [3.8, 4) is 34.7 Å². The molecule has 0 aliphatic heterocycles. The molecular weight excluding hydrogens is 416 g/mol. The van der Waals surface area contributed by atoms with Crippen LogP contribution in [0.2, 0.25) is 0 Å². The quantitative estimate of drug-likeness (QED) is 0.506. The van der Waals surface area contributed by atoms with Gasteiger partial charge in [-0.05, 0) is 69.0 Å². The summed E-state index contributed by atoms with van der Waals surface area (Å²) in [6, 6.07) is 14.0. The molecule has 3 aromatic rings. The third-order valence-electron chi connectivity index (χ3n) is 5.95. The molecule has 1 aliphatic rings. The van der Waals surface area contributed by atoms with Gasteiger partial charge in [0, 0.05) is 23.7 Å². The lowest BCUT2D eigenvalue weighted by atomic mass is 10.0. The number of ether oxygens (including phenoxy) is 1. The van der Waals surface area contributed by atoms with Crippen molar-refractivity contribution in [3.63, 3.8) is 0 Å². The van der Waals surface area contributed by atoms with Gasteiger partial charge in [0.2, 0.25) is 5.82 Å². The van der Waals surface area contributed by atoms with Crippen LogP contribution in [0, 0.1) is 11.3 Å². The van der Waals surface area contributed by atoms with Gasteiger partial charge in [-0.1, -0.05) is 30.3 Å². The molecule has 0 amide bonds. The van der Waals surface area contributed by atoms with Gasteiger partial charge in [-0.15, -0.1) is 0 Å². The molecular formula is C26H30N4O3. The van der Waals surface area contributed by atoms with E-state index >= 15 is 0 Å². The maximum atomic E-state index is 9.52. The summed E-state index contributed by atoms with van der Waals surface area (Å²) in [6.45, 7) is 7.80. The Labute approximate surface area is 194 Å². The number of nitrogens with zero attached hydrogens (tertiary/aromatic N) is 4. The van der Waals surface area contributed by atoms with E-state index in [1.165, 1.54) is 11.1 Å². The first-order valence-corrected chi connectivity index (χ1v) is 11.6. The van der Waals surface area contributed by atoms with Crippen molar-refractivity contribution in [3.05, 3.63) is 53.1 Å². The highest BCUT2D eigenvalue weighted by Gasteiger charge is 2.30. The first-order chi connectivity index (χ1) is 16.0. The summed E-state index contributed by atoms with van der Waals surface area (Å²) in [6.07, 6.45) is 2.98. The summed E-state index contributed by atoms with van der Waals surface area (Å²) in [4.78, 5) is 7.02. The summed E-state index contributed by atoms with van der Waals surface area (Å²) >= 11 is 0. The minimum atomic E-state index is -0.0208. The fraction of sp³-hybridized carbons (Fsp3) is 0.423. The van der Waals surface area contributed by atoms with Crippen LogP contribution in [0.5, 0.6) is 5.75 Å². The Kier molecular flexibility index (Phi) is 7.07. The average Bonchev–Trinajstić information content (AvgIpc) is 3.46. The predicted molar refractivity (Wildman–Crippen MR) is 126 cm³/mol. The Bertz CT molecular complexity index is 1140. The first-order valence-electron chi connectivity index (χ1n) is 11.6. The van der Waals surface area contributed by atoms with Gasteiger partial charge >= 0.3 is 0 Å². The van der Waals surface area contributed by atoms with Crippen LogP contribution in [-0.4, -0.2) is 45.9 Å². The maximum absolute atomic E-state index is 9.52.